The average molecular weight is 424 g/mol. The molecule has 0 N–H and O–H groups in total. The van der Waals surface area contributed by atoms with Gasteiger partial charge >= 0.3 is 0 Å². The molecule has 3 heterocycles. The smallest absolute Gasteiger partial charge is 0.234 e. The second-order valence-corrected chi connectivity index (χ2v) is 8.23. The number of hydrogen-bond donors (Lipinski definition) is 0. The Morgan fingerprint density at radius 1 is 0.742 bits per heavy atom. The largest absolute Gasteiger partial charge is 0.237 e. The molecule has 0 unspecified atom stereocenters. The van der Waals surface area contributed by atoms with Crippen molar-refractivity contribution in [3.8, 4) is 0 Å². The lowest BCUT2D eigenvalue weighted by Crippen LogP contribution is -2.08. The topological polar surface area (TPSA) is 73.8 Å². The Labute approximate surface area is 181 Å². The van der Waals surface area contributed by atoms with Crippen LogP contribution in [0.1, 0.15) is 27.9 Å². The van der Waals surface area contributed by atoms with Crippen LogP contribution in [0.15, 0.2) is 84.9 Å². The van der Waals surface area contributed by atoms with Crippen LogP contribution in [-0.2, 0) is 6.54 Å². The summed E-state index contributed by atoms with van der Waals surface area (Å²) >= 11 is 1.57. The molecule has 0 aliphatic heterocycles. The number of aromatic nitrogens is 7. The van der Waals surface area contributed by atoms with E-state index in [9.17, 15) is 0 Å². The third kappa shape index (κ3) is 3.17. The normalized spacial score (nSPS) is 11.6. The first-order chi connectivity index (χ1) is 15.4. The molecule has 8 heteroatoms. The van der Waals surface area contributed by atoms with Crippen molar-refractivity contribution in [1.82, 2.24) is 34.8 Å². The second kappa shape index (κ2) is 7.41. The molecule has 0 saturated carbocycles. The van der Waals surface area contributed by atoms with Crippen LogP contribution >= 0.6 is 11.3 Å². The van der Waals surface area contributed by atoms with Gasteiger partial charge < -0.3 is 0 Å². The van der Waals surface area contributed by atoms with Gasteiger partial charge in [0.15, 0.2) is 5.82 Å². The van der Waals surface area contributed by atoms with Crippen LogP contribution in [-0.4, -0.2) is 34.8 Å². The van der Waals surface area contributed by atoms with Gasteiger partial charge in [-0.05, 0) is 23.3 Å². The van der Waals surface area contributed by atoms with Gasteiger partial charge in [-0.25, -0.2) is 4.68 Å². The lowest BCUT2D eigenvalue weighted by molar-refractivity contribution is 0.626. The van der Waals surface area contributed by atoms with Crippen molar-refractivity contribution >= 4 is 27.3 Å². The molecule has 0 radical (unpaired) electrons. The maximum atomic E-state index is 4.94. The summed E-state index contributed by atoms with van der Waals surface area (Å²) in [6, 6.07) is 28.8. The highest BCUT2D eigenvalue weighted by Crippen LogP contribution is 2.34. The highest BCUT2D eigenvalue weighted by atomic mass is 32.1. The van der Waals surface area contributed by atoms with Crippen LogP contribution < -0.4 is 0 Å². The van der Waals surface area contributed by atoms with Gasteiger partial charge in [0.2, 0.25) is 4.96 Å². The van der Waals surface area contributed by atoms with Crippen molar-refractivity contribution in [2.75, 3.05) is 0 Å². The maximum absolute atomic E-state index is 4.94. The van der Waals surface area contributed by atoms with Gasteiger partial charge in [-0.15, -0.1) is 15.3 Å². The van der Waals surface area contributed by atoms with E-state index in [1.165, 1.54) is 11.1 Å². The van der Waals surface area contributed by atoms with Crippen molar-refractivity contribution in [3.05, 3.63) is 107 Å². The summed E-state index contributed by atoms with van der Waals surface area (Å²) in [4.78, 5) is 0.770. The van der Waals surface area contributed by atoms with Crippen molar-refractivity contribution < 1.29 is 0 Å². The van der Waals surface area contributed by atoms with Crippen molar-refractivity contribution in [2.24, 2.45) is 0 Å². The molecule has 3 aromatic heterocycles. The van der Waals surface area contributed by atoms with Crippen LogP contribution in [0.5, 0.6) is 0 Å². The lowest BCUT2D eigenvalue weighted by atomic mass is 9.92. The van der Waals surface area contributed by atoms with Gasteiger partial charge in [-0.1, -0.05) is 89.3 Å². The van der Waals surface area contributed by atoms with Crippen LogP contribution in [0.2, 0.25) is 0 Å². The van der Waals surface area contributed by atoms with Crippen LogP contribution in [0, 0.1) is 0 Å². The molecule has 0 amide bonds. The fraction of sp³-hybridized carbons (Fsp3) is 0.0870. The Hall–Kier alpha value is -3.91. The Morgan fingerprint density at radius 2 is 1.42 bits per heavy atom. The minimum Gasteiger partial charge on any atom is -0.237 e. The van der Waals surface area contributed by atoms with Gasteiger partial charge in [-0.2, -0.15) is 9.61 Å². The standard InChI is InChI=1S/C23H17N7S/c1-3-9-16(10-4-1)21(17-11-5-2-6-12-17)22-27-30-20(25-26-23(30)31-22)15-29-19-14-8-7-13-18(19)24-28-29/h1-14,21H,15H2. The Balaban J connectivity index is 1.43. The molecule has 31 heavy (non-hydrogen) atoms. The van der Waals surface area contributed by atoms with E-state index in [0.717, 1.165) is 26.8 Å². The van der Waals surface area contributed by atoms with E-state index < -0.39 is 0 Å². The average Bonchev–Trinajstić information content (AvgIpc) is 3.52. The van der Waals surface area contributed by atoms with Crippen LogP contribution in [0.25, 0.3) is 16.0 Å². The van der Waals surface area contributed by atoms with E-state index in [0.29, 0.717) is 6.54 Å². The Kier molecular flexibility index (Phi) is 4.28. The molecular formula is C23H17N7S. The van der Waals surface area contributed by atoms with E-state index in [-0.39, 0.29) is 5.92 Å². The van der Waals surface area contributed by atoms with E-state index in [1.54, 1.807) is 11.3 Å². The summed E-state index contributed by atoms with van der Waals surface area (Å²) in [5.74, 6) is 0.766. The molecule has 6 aromatic rings. The van der Waals surface area contributed by atoms with Crippen molar-refractivity contribution in [3.63, 3.8) is 0 Å². The van der Waals surface area contributed by atoms with Gasteiger partial charge in [-0.3, -0.25) is 0 Å². The Bertz CT molecular complexity index is 1430. The Morgan fingerprint density at radius 3 is 2.16 bits per heavy atom. The molecule has 0 saturated heterocycles. The first-order valence-electron chi connectivity index (χ1n) is 9.96. The summed E-state index contributed by atoms with van der Waals surface area (Å²) in [5, 5.41) is 23.2. The fourth-order valence-corrected chi connectivity index (χ4v) is 4.84. The van der Waals surface area contributed by atoms with Crippen LogP contribution in [0.3, 0.4) is 0 Å². The first kappa shape index (κ1) is 17.9. The highest BCUT2D eigenvalue weighted by molar-refractivity contribution is 7.16. The highest BCUT2D eigenvalue weighted by Gasteiger charge is 2.23. The summed E-state index contributed by atoms with van der Waals surface area (Å²) in [6.07, 6.45) is 0. The summed E-state index contributed by atoms with van der Waals surface area (Å²) in [6.45, 7) is 0.451. The molecular weight excluding hydrogens is 406 g/mol. The predicted octanol–water partition coefficient (Wildman–Crippen LogP) is 4.16. The summed E-state index contributed by atoms with van der Waals surface area (Å²) < 4.78 is 3.66. The molecule has 0 bridgehead atoms. The number of hydrogen-bond acceptors (Lipinski definition) is 6. The van der Waals surface area contributed by atoms with Crippen molar-refractivity contribution in [1.29, 1.82) is 0 Å². The zero-order valence-electron chi connectivity index (χ0n) is 16.4. The zero-order valence-corrected chi connectivity index (χ0v) is 17.2. The number of benzene rings is 3. The minimum absolute atomic E-state index is 0.0363. The molecule has 0 fully saturated rings. The monoisotopic (exact) mass is 423 g/mol. The molecule has 150 valence electrons. The number of nitrogens with zero attached hydrogens (tertiary/aromatic N) is 7. The van der Waals surface area contributed by atoms with E-state index in [1.807, 2.05) is 45.6 Å². The number of rotatable bonds is 5. The summed E-state index contributed by atoms with van der Waals surface area (Å²) in [7, 11) is 0. The van der Waals surface area contributed by atoms with Crippen molar-refractivity contribution in [2.45, 2.75) is 12.5 Å². The molecule has 0 spiro atoms. The third-order valence-corrected chi connectivity index (χ3v) is 6.26. The zero-order chi connectivity index (χ0) is 20.6. The molecule has 3 aromatic carbocycles. The van der Waals surface area contributed by atoms with Gasteiger partial charge in [0.25, 0.3) is 0 Å². The molecule has 6 rings (SSSR count). The molecule has 7 nitrogen and oxygen atoms in total. The number of para-hydroxylation sites is 1. The van der Waals surface area contributed by atoms with Gasteiger partial charge in [0.1, 0.15) is 17.1 Å². The third-order valence-electron chi connectivity index (χ3n) is 5.30. The molecule has 0 atom stereocenters. The quantitative estimate of drug-likeness (QED) is 0.416. The van der Waals surface area contributed by atoms with E-state index in [2.05, 4.69) is 69.0 Å². The maximum Gasteiger partial charge on any atom is 0.234 e. The summed E-state index contributed by atoms with van der Waals surface area (Å²) in [5.41, 5.74) is 4.21. The van der Waals surface area contributed by atoms with Gasteiger partial charge in [0.05, 0.1) is 11.4 Å². The van der Waals surface area contributed by atoms with Gasteiger partial charge in [0, 0.05) is 0 Å². The fourth-order valence-electron chi connectivity index (χ4n) is 3.82. The first-order valence-corrected chi connectivity index (χ1v) is 10.8. The van der Waals surface area contributed by atoms with E-state index >= 15 is 0 Å². The van der Waals surface area contributed by atoms with E-state index in [4.69, 9.17) is 5.10 Å². The molecule has 0 aliphatic carbocycles. The second-order valence-electron chi connectivity index (χ2n) is 7.24. The lowest BCUT2D eigenvalue weighted by Gasteiger charge is -2.15. The SMILES string of the molecule is c1ccc(C(c2ccccc2)c2nn3c(Cn4nnc5ccccc54)nnc3s2)cc1. The molecule has 0 aliphatic rings. The van der Waals surface area contributed by atoms with Crippen LogP contribution in [0.4, 0.5) is 0 Å². The minimum atomic E-state index is 0.0363. The number of fused-ring (bicyclic) bond motifs is 2. The predicted molar refractivity (Wildman–Crippen MR) is 119 cm³/mol.